The van der Waals surface area contributed by atoms with Crippen LogP contribution in [0, 0.1) is 0 Å². The van der Waals surface area contributed by atoms with Crippen LogP contribution in [0.15, 0.2) is 58.9 Å². The van der Waals surface area contributed by atoms with Crippen LogP contribution in [0.25, 0.3) is 0 Å². The highest BCUT2D eigenvalue weighted by Gasteiger charge is 2.07. The first-order chi connectivity index (χ1) is 12.2. The molecule has 1 aromatic heterocycles. The number of aromatic nitrogens is 2. The molecule has 3 rings (SSSR count). The van der Waals surface area contributed by atoms with Gasteiger partial charge in [-0.15, -0.1) is 10.2 Å². The maximum Gasteiger partial charge on any atom is 0.387 e. The Morgan fingerprint density at radius 3 is 2.64 bits per heavy atom. The molecule has 0 aliphatic carbocycles. The summed E-state index contributed by atoms with van der Waals surface area (Å²) >= 11 is 2.97. The van der Waals surface area contributed by atoms with E-state index >= 15 is 0 Å². The Labute approximate surface area is 152 Å². The molecule has 0 spiro atoms. The fraction of sp³-hybridized carbons (Fsp3) is 0.176. The molecule has 0 saturated carbocycles. The van der Waals surface area contributed by atoms with E-state index in [0.29, 0.717) is 12.3 Å². The highest BCUT2D eigenvalue weighted by atomic mass is 32.2. The fourth-order valence-corrected chi connectivity index (χ4v) is 3.76. The molecule has 0 atom stereocenters. The molecule has 1 heterocycles. The lowest BCUT2D eigenvalue weighted by molar-refractivity contribution is -0.0498. The van der Waals surface area contributed by atoms with E-state index in [0.717, 1.165) is 15.0 Å². The van der Waals surface area contributed by atoms with Gasteiger partial charge in [0.2, 0.25) is 5.13 Å². The molecule has 0 fully saturated rings. The lowest BCUT2D eigenvalue weighted by Crippen LogP contribution is -2.01. The number of nitrogens with one attached hydrogen (secondary N) is 1. The maximum atomic E-state index is 12.3. The second-order valence-corrected chi connectivity index (χ2v) is 7.23. The van der Waals surface area contributed by atoms with Gasteiger partial charge in [-0.2, -0.15) is 8.78 Å². The number of alkyl halides is 2. The van der Waals surface area contributed by atoms with E-state index in [2.05, 4.69) is 20.3 Å². The minimum Gasteiger partial charge on any atom is -0.435 e. The number of benzene rings is 2. The summed E-state index contributed by atoms with van der Waals surface area (Å²) in [7, 11) is 0. The Morgan fingerprint density at radius 2 is 1.84 bits per heavy atom. The van der Waals surface area contributed by atoms with Gasteiger partial charge in [0.1, 0.15) is 5.75 Å². The second kappa shape index (κ2) is 8.77. The minimum absolute atomic E-state index is 0.163. The summed E-state index contributed by atoms with van der Waals surface area (Å²) in [6, 6.07) is 16.7. The quantitative estimate of drug-likeness (QED) is 0.555. The first-order valence-corrected chi connectivity index (χ1v) is 9.27. The number of thioether (sulfide) groups is 1. The Bertz CT molecular complexity index is 799. The molecule has 130 valence electrons. The minimum atomic E-state index is -2.82. The van der Waals surface area contributed by atoms with Gasteiger partial charge in [0.15, 0.2) is 4.34 Å². The van der Waals surface area contributed by atoms with Crippen molar-refractivity contribution in [1.82, 2.24) is 10.2 Å². The standard InChI is InChI=1S/C17H15F2N3OS2/c18-15(19)23-14-8-4-7-13(9-14)11-24-17-22-21-16(25-17)20-10-12-5-2-1-3-6-12/h1-9,15H,10-11H2,(H,20,21). The van der Waals surface area contributed by atoms with Gasteiger partial charge in [0.05, 0.1) is 0 Å². The summed E-state index contributed by atoms with van der Waals surface area (Å²) in [6.07, 6.45) is 0. The normalized spacial score (nSPS) is 10.8. The zero-order valence-electron chi connectivity index (χ0n) is 13.1. The fourth-order valence-electron chi connectivity index (χ4n) is 2.07. The van der Waals surface area contributed by atoms with Crippen molar-refractivity contribution in [2.24, 2.45) is 0 Å². The van der Waals surface area contributed by atoms with Gasteiger partial charge in [-0.25, -0.2) is 0 Å². The number of ether oxygens (including phenoxy) is 1. The highest BCUT2D eigenvalue weighted by molar-refractivity contribution is 8.00. The smallest absolute Gasteiger partial charge is 0.387 e. The van der Waals surface area contributed by atoms with Gasteiger partial charge in [0.25, 0.3) is 0 Å². The maximum absolute atomic E-state index is 12.3. The first kappa shape index (κ1) is 17.6. The van der Waals surface area contributed by atoms with Crippen molar-refractivity contribution in [3.8, 4) is 5.75 Å². The molecule has 1 N–H and O–H groups in total. The number of rotatable bonds is 8. The molecule has 0 amide bonds. The average molecular weight is 379 g/mol. The van der Waals surface area contributed by atoms with Crippen LogP contribution in [0.3, 0.4) is 0 Å². The van der Waals surface area contributed by atoms with Crippen molar-refractivity contribution in [3.63, 3.8) is 0 Å². The number of nitrogens with zero attached hydrogens (tertiary/aromatic N) is 2. The molecular weight excluding hydrogens is 364 g/mol. The van der Waals surface area contributed by atoms with Crippen LogP contribution in [-0.2, 0) is 12.3 Å². The number of halogens is 2. The molecule has 4 nitrogen and oxygen atoms in total. The zero-order valence-corrected chi connectivity index (χ0v) is 14.7. The van der Waals surface area contributed by atoms with Crippen molar-refractivity contribution in [2.75, 3.05) is 5.32 Å². The Kier molecular flexibility index (Phi) is 6.19. The van der Waals surface area contributed by atoms with Gasteiger partial charge in [-0.1, -0.05) is 65.6 Å². The summed E-state index contributed by atoms with van der Waals surface area (Å²) in [6.45, 7) is -2.13. The van der Waals surface area contributed by atoms with Gasteiger partial charge < -0.3 is 10.1 Å². The number of anilines is 1. The zero-order chi connectivity index (χ0) is 17.5. The average Bonchev–Trinajstić information content (AvgIpc) is 3.07. The van der Waals surface area contributed by atoms with Crippen molar-refractivity contribution in [1.29, 1.82) is 0 Å². The third-order valence-corrected chi connectivity index (χ3v) is 5.26. The van der Waals surface area contributed by atoms with Crippen LogP contribution in [0.5, 0.6) is 5.75 Å². The number of hydrogen-bond acceptors (Lipinski definition) is 6. The van der Waals surface area contributed by atoms with Crippen LogP contribution in [0.1, 0.15) is 11.1 Å². The van der Waals surface area contributed by atoms with E-state index in [1.54, 1.807) is 12.1 Å². The van der Waals surface area contributed by atoms with Crippen molar-refractivity contribution < 1.29 is 13.5 Å². The molecule has 8 heteroatoms. The van der Waals surface area contributed by atoms with Gasteiger partial charge in [-0.05, 0) is 23.3 Å². The molecule has 2 aromatic carbocycles. The predicted molar refractivity (Wildman–Crippen MR) is 96.3 cm³/mol. The first-order valence-electron chi connectivity index (χ1n) is 7.47. The van der Waals surface area contributed by atoms with Crippen molar-refractivity contribution >= 4 is 28.2 Å². The summed E-state index contributed by atoms with van der Waals surface area (Å²) in [5, 5.41) is 12.2. The monoisotopic (exact) mass is 379 g/mol. The van der Waals surface area contributed by atoms with E-state index in [-0.39, 0.29) is 5.75 Å². The van der Waals surface area contributed by atoms with E-state index < -0.39 is 6.61 Å². The molecule has 0 radical (unpaired) electrons. The largest absolute Gasteiger partial charge is 0.435 e. The predicted octanol–water partition coefficient (Wildman–Crippen LogP) is 5.04. The molecule has 3 aromatic rings. The van der Waals surface area contributed by atoms with Gasteiger partial charge >= 0.3 is 6.61 Å². The third-order valence-electron chi connectivity index (χ3n) is 3.18. The van der Waals surface area contributed by atoms with Gasteiger partial charge in [0, 0.05) is 12.3 Å². The lowest BCUT2D eigenvalue weighted by Gasteiger charge is -2.05. The topological polar surface area (TPSA) is 47.0 Å². The highest BCUT2D eigenvalue weighted by Crippen LogP contribution is 2.29. The Hall–Kier alpha value is -2.19. The van der Waals surface area contributed by atoms with Crippen LogP contribution in [0.4, 0.5) is 13.9 Å². The van der Waals surface area contributed by atoms with Crippen molar-refractivity contribution in [3.05, 3.63) is 65.7 Å². The Balaban J connectivity index is 1.51. The lowest BCUT2D eigenvalue weighted by atomic mass is 10.2. The molecule has 0 unspecified atom stereocenters. The summed E-state index contributed by atoms with van der Waals surface area (Å²) in [5.41, 5.74) is 2.06. The summed E-state index contributed by atoms with van der Waals surface area (Å²) in [4.78, 5) is 0. The summed E-state index contributed by atoms with van der Waals surface area (Å²) < 4.78 is 29.7. The van der Waals surface area contributed by atoms with Crippen molar-refractivity contribution in [2.45, 2.75) is 23.2 Å². The van der Waals surface area contributed by atoms with Crippen LogP contribution in [-0.4, -0.2) is 16.8 Å². The van der Waals surface area contributed by atoms with E-state index in [1.165, 1.54) is 34.7 Å². The van der Waals surface area contributed by atoms with Crippen LogP contribution in [0.2, 0.25) is 0 Å². The second-order valence-electron chi connectivity index (χ2n) is 5.03. The van der Waals surface area contributed by atoms with E-state index in [9.17, 15) is 8.78 Å². The van der Waals surface area contributed by atoms with E-state index in [4.69, 9.17) is 0 Å². The summed E-state index contributed by atoms with van der Waals surface area (Å²) in [5.74, 6) is 0.767. The molecule has 0 saturated heterocycles. The van der Waals surface area contributed by atoms with E-state index in [1.807, 2.05) is 36.4 Å². The third kappa shape index (κ3) is 5.68. The SMILES string of the molecule is FC(F)Oc1cccc(CSc2nnc(NCc3ccccc3)s2)c1. The molecule has 25 heavy (non-hydrogen) atoms. The molecule has 0 aliphatic rings. The molecule has 0 aliphatic heterocycles. The molecular formula is C17H15F2N3OS2. The number of hydrogen-bond donors (Lipinski definition) is 1. The van der Waals surface area contributed by atoms with Crippen LogP contribution < -0.4 is 10.1 Å². The molecule has 0 bridgehead atoms. The van der Waals surface area contributed by atoms with Crippen LogP contribution >= 0.6 is 23.1 Å². The van der Waals surface area contributed by atoms with Gasteiger partial charge in [-0.3, -0.25) is 0 Å². The Morgan fingerprint density at radius 1 is 1.04 bits per heavy atom.